The number of benzene rings is 1. The monoisotopic (exact) mass is 417 g/mol. The molecule has 2 heterocycles. The number of aromatic nitrogens is 1. The first kappa shape index (κ1) is 22.2. The Bertz CT molecular complexity index is 862. The number of pyridine rings is 1. The molecular weight excluding hydrogens is 388 g/mol. The molecule has 1 unspecified atom stereocenters. The lowest BCUT2D eigenvalue weighted by molar-refractivity contribution is -0.108. The minimum atomic E-state index is -0.709. The fourth-order valence-electron chi connectivity index (χ4n) is 4.09. The van der Waals surface area contributed by atoms with Gasteiger partial charge in [-0.05, 0) is 50.6 Å². The number of likely N-dealkylation sites (N-methyl/N-ethyl adjacent to an activating group) is 1. The maximum Gasteiger partial charge on any atom is 0.133 e. The zero-order valence-electron chi connectivity index (χ0n) is 17.8. The Kier molecular flexibility index (Phi) is 7.37. The fourth-order valence-corrected chi connectivity index (χ4v) is 4.09. The van der Waals surface area contributed by atoms with Crippen molar-refractivity contribution in [3.63, 3.8) is 0 Å². The molecule has 7 heteroatoms. The number of hydrogen-bond acceptors (Lipinski definition) is 5. The summed E-state index contributed by atoms with van der Waals surface area (Å²) < 4.78 is 34.2. The SMILES string of the molecule is COc1cc(F)c(C(CC=O)CN(C)c2cc(C)cc(C3CCNCC3)n2)c(F)c1. The van der Waals surface area contributed by atoms with Crippen LogP contribution in [-0.2, 0) is 4.79 Å². The molecule has 2 aromatic rings. The number of aryl methyl sites for hydroxylation is 1. The van der Waals surface area contributed by atoms with Crippen LogP contribution < -0.4 is 15.0 Å². The lowest BCUT2D eigenvalue weighted by Crippen LogP contribution is -2.29. The third-order valence-corrected chi connectivity index (χ3v) is 5.70. The Balaban J connectivity index is 1.86. The van der Waals surface area contributed by atoms with Crippen LogP contribution in [-0.4, -0.2) is 45.1 Å². The van der Waals surface area contributed by atoms with Crippen molar-refractivity contribution in [3.05, 3.63) is 52.7 Å². The highest BCUT2D eigenvalue weighted by molar-refractivity contribution is 5.53. The van der Waals surface area contributed by atoms with Crippen molar-refractivity contribution in [2.75, 3.05) is 38.7 Å². The molecule has 0 spiro atoms. The fraction of sp³-hybridized carbons (Fsp3) is 0.478. The second kappa shape index (κ2) is 9.98. The van der Waals surface area contributed by atoms with E-state index in [1.54, 1.807) is 0 Å². The molecule has 0 saturated carbocycles. The number of piperidine rings is 1. The van der Waals surface area contributed by atoms with Gasteiger partial charge in [0, 0.05) is 55.2 Å². The molecule has 0 bridgehead atoms. The Hall–Kier alpha value is -2.54. The molecule has 1 aliphatic rings. The number of nitrogens with one attached hydrogen (secondary N) is 1. The lowest BCUT2D eigenvalue weighted by Gasteiger charge is -2.27. The van der Waals surface area contributed by atoms with Gasteiger partial charge in [-0.15, -0.1) is 0 Å². The quantitative estimate of drug-likeness (QED) is 0.659. The van der Waals surface area contributed by atoms with Crippen molar-refractivity contribution in [2.45, 2.75) is 38.0 Å². The van der Waals surface area contributed by atoms with Gasteiger partial charge >= 0.3 is 0 Å². The molecule has 1 N–H and O–H groups in total. The van der Waals surface area contributed by atoms with Crippen LogP contribution in [0.5, 0.6) is 5.75 Å². The van der Waals surface area contributed by atoms with Gasteiger partial charge in [-0.2, -0.15) is 0 Å². The largest absolute Gasteiger partial charge is 0.497 e. The van der Waals surface area contributed by atoms with Crippen LogP contribution in [0.4, 0.5) is 14.6 Å². The molecule has 0 amide bonds. The molecule has 5 nitrogen and oxygen atoms in total. The maximum atomic E-state index is 14.6. The highest BCUT2D eigenvalue weighted by atomic mass is 19.1. The van der Waals surface area contributed by atoms with Crippen LogP contribution in [0.15, 0.2) is 24.3 Å². The highest BCUT2D eigenvalue weighted by Gasteiger charge is 2.24. The van der Waals surface area contributed by atoms with E-state index >= 15 is 0 Å². The second-order valence-corrected chi connectivity index (χ2v) is 7.94. The van der Waals surface area contributed by atoms with Crippen LogP contribution in [0.2, 0.25) is 0 Å². The zero-order valence-corrected chi connectivity index (χ0v) is 17.8. The first-order valence-electron chi connectivity index (χ1n) is 10.3. The summed E-state index contributed by atoms with van der Waals surface area (Å²) in [6.07, 6.45) is 2.79. The Morgan fingerprint density at radius 3 is 2.50 bits per heavy atom. The molecule has 1 aliphatic heterocycles. The molecule has 1 aromatic heterocycles. The molecule has 0 radical (unpaired) electrons. The van der Waals surface area contributed by atoms with Gasteiger partial charge in [-0.1, -0.05) is 0 Å². The normalized spacial score (nSPS) is 15.6. The molecular formula is C23H29F2N3O2. The molecule has 3 rings (SSSR count). The summed E-state index contributed by atoms with van der Waals surface area (Å²) in [6.45, 7) is 4.24. The van der Waals surface area contributed by atoms with Crippen molar-refractivity contribution in [1.82, 2.24) is 10.3 Å². The molecule has 162 valence electrons. The summed E-state index contributed by atoms with van der Waals surface area (Å²) >= 11 is 0. The number of rotatable bonds is 8. The predicted octanol–water partition coefficient (Wildman–Crippen LogP) is 3.95. The molecule has 1 atom stereocenters. The van der Waals surface area contributed by atoms with Gasteiger partial charge in [0.2, 0.25) is 0 Å². The summed E-state index contributed by atoms with van der Waals surface area (Å²) in [5.74, 6) is -0.796. The number of anilines is 1. The van der Waals surface area contributed by atoms with E-state index in [4.69, 9.17) is 9.72 Å². The highest BCUT2D eigenvalue weighted by Crippen LogP contribution is 2.31. The van der Waals surface area contributed by atoms with Crippen LogP contribution in [0.3, 0.4) is 0 Å². The van der Waals surface area contributed by atoms with Gasteiger partial charge in [0.1, 0.15) is 29.5 Å². The summed E-state index contributed by atoms with van der Waals surface area (Å²) in [7, 11) is 3.19. The lowest BCUT2D eigenvalue weighted by atomic mass is 9.93. The van der Waals surface area contributed by atoms with E-state index in [1.807, 2.05) is 24.9 Å². The second-order valence-electron chi connectivity index (χ2n) is 7.94. The van der Waals surface area contributed by atoms with Gasteiger partial charge in [0.25, 0.3) is 0 Å². The summed E-state index contributed by atoms with van der Waals surface area (Å²) in [6, 6.07) is 6.37. The molecule has 1 saturated heterocycles. The van der Waals surface area contributed by atoms with Crippen LogP contribution in [0, 0.1) is 18.6 Å². The molecule has 0 aliphatic carbocycles. The van der Waals surface area contributed by atoms with E-state index in [0.29, 0.717) is 12.2 Å². The molecule has 1 aromatic carbocycles. The number of nitrogens with zero attached hydrogens (tertiary/aromatic N) is 2. The average molecular weight is 418 g/mol. The number of hydrogen-bond donors (Lipinski definition) is 1. The Morgan fingerprint density at radius 1 is 1.23 bits per heavy atom. The number of halogens is 2. The number of ether oxygens (including phenoxy) is 1. The summed E-state index contributed by atoms with van der Waals surface area (Å²) in [4.78, 5) is 18.0. The number of methoxy groups -OCH3 is 1. The van der Waals surface area contributed by atoms with Crippen molar-refractivity contribution < 1.29 is 18.3 Å². The summed E-state index contributed by atoms with van der Waals surface area (Å²) in [5, 5.41) is 3.36. The first-order valence-corrected chi connectivity index (χ1v) is 10.3. The third kappa shape index (κ3) is 5.14. The topological polar surface area (TPSA) is 54.5 Å². The Labute approximate surface area is 176 Å². The third-order valence-electron chi connectivity index (χ3n) is 5.70. The summed E-state index contributed by atoms with van der Waals surface area (Å²) in [5.41, 5.74) is 2.04. The number of aldehydes is 1. The van der Waals surface area contributed by atoms with Gasteiger partial charge < -0.3 is 19.7 Å². The maximum absolute atomic E-state index is 14.6. The van der Waals surface area contributed by atoms with Gasteiger partial charge in [0.15, 0.2) is 0 Å². The smallest absolute Gasteiger partial charge is 0.133 e. The van der Waals surface area contributed by atoms with Crippen molar-refractivity contribution in [3.8, 4) is 5.75 Å². The standard InChI is InChI=1S/C23H29F2N3O2/c1-15-10-21(16-4-7-26-8-5-16)27-22(11-15)28(2)14-17(6-9-29)23-19(24)12-18(30-3)13-20(23)25/h9-13,16-17,26H,4-8,14H2,1-3H3. The Morgan fingerprint density at radius 2 is 1.90 bits per heavy atom. The van der Waals surface area contributed by atoms with E-state index in [9.17, 15) is 13.6 Å². The van der Waals surface area contributed by atoms with Crippen LogP contribution in [0.1, 0.15) is 47.9 Å². The minimum Gasteiger partial charge on any atom is -0.497 e. The average Bonchev–Trinajstić information content (AvgIpc) is 2.73. The van der Waals surface area contributed by atoms with Crippen LogP contribution in [0.25, 0.3) is 0 Å². The van der Waals surface area contributed by atoms with E-state index in [-0.39, 0.29) is 24.3 Å². The van der Waals surface area contributed by atoms with E-state index in [2.05, 4.69) is 11.4 Å². The van der Waals surface area contributed by atoms with Crippen molar-refractivity contribution >= 4 is 12.1 Å². The van der Waals surface area contributed by atoms with E-state index < -0.39 is 17.6 Å². The number of carbonyl (C=O) groups is 1. The number of carbonyl (C=O) groups excluding carboxylic acids is 1. The van der Waals surface area contributed by atoms with E-state index in [1.165, 1.54) is 7.11 Å². The minimum absolute atomic E-state index is 0.0114. The van der Waals surface area contributed by atoms with Gasteiger partial charge in [-0.25, -0.2) is 13.8 Å². The van der Waals surface area contributed by atoms with Gasteiger partial charge in [0.05, 0.1) is 7.11 Å². The molecule has 1 fully saturated rings. The van der Waals surface area contributed by atoms with E-state index in [0.717, 1.165) is 55.1 Å². The van der Waals surface area contributed by atoms with Crippen molar-refractivity contribution in [1.29, 1.82) is 0 Å². The van der Waals surface area contributed by atoms with Crippen molar-refractivity contribution in [2.24, 2.45) is 0 Å². The first-order chi connectivity index (χ1) is 14.4. The van der Waals surface area contributed by atoms with Gasteiger partial charge in [-0.3, -0.25) is 0 Å². The predicted molar refractivity (Wildman–Crippen MR) is 113 cm³/mol. The van der Waals surface area contributed by atoms with Crippen LogP contribution >= 0.6 is 0 Å². The zero-order chi connectivity index (χ0) is 21.7. The molecule has 30 heavy (non-hydrogen) atoms.